The van der Waals surface area contributed by atoms with Gasteiger partial charge in [-0.15, -0.1) is 0 Å². The van der Waals surface area contributed by atoms with E-state index in [1.54, 1.807) is 0 Å². The van der Waals surface area contributed by atoms with Crippen LogP contribution in [0.1, 0.15) is 25.7 Å². The first kappa shape index (κ1) is 13.9. The van der Waals surface area contributed by atoms with Crippen LogP contribution in [-0.2, 0) is 4.79 Å². The number of carbonyl (C=O) groups is 1. The molecule has 1 amide bonds. The average molecular weight is 263 g/mol. The van der Waals surface area contributed by atoms with Crippen molar-refractivity contribution < 1.29 is 14.6 Å². The second kappa shape index (κ2) is 6.57. The molecule has 0 aromatic heterocycles. The summed E-state index contributed by atoms with van der Waals surface area (Å²) in [6.07, 6.45) is 4.25. The van der Waals surface area contributed by atoms with Crippen molar-refractivity contribution in [3.8, 4) is 5.75 Å². The Morgan fingerprint density at radius 3 is 2.58 bits per heavy atom. The van der Waals surface area contributed by atoms with Crippen molar-refractivity contribution in [1.82, 2.24) is 5.32 Å². The van der Waals surface area contributed by atoms with E-state index < -0.39 is 0 Å². The first-order chi connectivity index (χ1) is 9.24. The number of para-hydroxylation sites is 1. The van der Waals surface area contributed by atoms with Crippen LogP contribution in [0.25, 0.3) is 0 Å². The monoisotopic (exact) mass is 263 g/mol. The third kappa shape index (κ3) is 3.96. The van der Waals surface area contributed by atoms with Crippen LogP contribution in [0.4, 0.5) is 0 Å². The van der Waals surface area contributed by atoms with Crippen molar-refractivity contribution in [2.75, 3.05) is 19.8 Å². The lowest BCUT2D eigenvalue weighted by Gasteiger charge is -2.26. The molecule has 1 aromatic rings. The Bertz CT molecular complexity index is 399. The number of hydrogen-bond donors (Lipinski definition) is 2. The minimum absolute atomic E-state index is 0.0194. The van der Waals surface area contributed by atoms with E-state index in [0.29, 0.717) is 12.3 Å². The number of aliphatic hydroxyl groups excluding tert-OH is 1. The lowest BCUT2D eigenvalue weighted by molar-refractivity contribution is -0.123. The van der Waals surface area contributed by atoms with E-state index in [-0.39, 0.29) is 24.5 Å². The highest BCUT2D eigenvalue weighted by Gasteiger charge is 2.33. The molecule has 1 fully saturated rings. The molecule has 1 aliphatic rings. The molecule has 0 aliphatic heterocycles. The molecular formula is C15H21NO3. The highest BCUT2D eigenvalue weighted by molar-refractivity contribution is 5.77. The molecule has 4 nitrogen and oxygen atoms in total. The van der Waals surface area contributed by atoms with Gasteiger partial charge in [0, 0.05) is 12.0 Å². The molecule has 1 aromatic carbocycles. The zero-order valence-corrected chi connectivity index (χ0v) is 11.1. The highest BCUT2D eigenvalue weighted by atomic mass is 16.5. The van der Waals surface area contributed by atoms with Gasteiger partial charge in [0.15, 0.2) is 6.61 Å². The van der Waals surface area contributed by atoms with Gasteiger partial charge in [-0.2, -0.15) is 0 Å². The quantitative estimate of drug-likeness (QED) is 0.822. The number of rotatable bonds is 6. The number of benzene rings is 1. The van der Waals surface area contributed by atoms with Crippen LogP contribution < -0.4 is 10.1 Å². The summed E-state index contributed by atoms with van der Waals surface area (Å²) in [5.74, 6) is 0.555. The van der Waals surface area contributed by atoms with Crippen molar-refractivity contribution in [2.24, 2.45) is 5.41 Å². The smallest absolute Gasteiger partial charge is 0.257 e. The second-order valence-corrected chi connectivity index (χ2v) is 5.24. The van der Waals surface area contributed by atoms with Crippen LogP contribution in [0.15, 0.2) is 30.3 Å². The molecular weight excluding hydrogens is 242 g/mol. The lowest BCUT2D eigenvalue weighted by atomic mass is 9.87. The molecule has 0 heterocycles. The van der Waals surface area contributed by atoms with Crippen molar-refractivity contribution in [1.29, 1.82) is 0 Å². The van der Waals surface area contributed by atoms with E-state index >= 15 is 0 Å². The number of hydrogen-bond acceptors (Lipinski definition) is 3. The standard InChI is InChI=1S/C15H21NO3/c17-12-15(8-4-5-9-15)11-16-14(18)10-19-13-6-2-1-3-7-13/h1-3,6-7,17H,4-5,8-12H2,(H,16,18). The Morgan fingerprint density at radius 1 is 1.26 bits per heavy atom. The molecule has 4 heteroatoms. The van der Waals surface area contributed by atoms with E-state index in [2.05, 4.69) is 5.32 Å². The summed E-state index contributed by atoms with van der Waals surface area (Å²) in [5.41, 5.74) is -0.109. The Labute approximate surface area is 113 Å². The first-order valence-corrected chi connectivity index (χ1v) is 6.80. The summed E-state index contributed by atoms with van der Waals surface area (Å²) in [6.45, 7) is 0.707. The fourth-order valence-electron chi connectivity index (χ4n) is 2.52. The average Bonchev–Trinajstić information content (AvgIpc) is 2.93. The maximum absolute atomic E-state index is 11.7. The first-order valence-electron chi connectivity index (χ1n) is 6.80. The van der Waals surface area contributed by atoms with Crippen LogP contribution in [0.3, 0.4) is 0 Å². The van der Waals surface area contributed by atoms with Crippen molar-refractivity contribution in [3.05, 3.63) is 30.3 Å². The maximum atomic E-state index is 11.7. The third-order valence-electron chi connectivity index (χ3n) is 3.77. The predicted molar refractivity (Wildman–Crippen MR) is 72.9 cm³/mol. The zero-order valence-electron chi connectivity index (χ0n) is 11.1. The molecule has 2 rings (SSSR count). The van der Waals surface area contributed by atoms with E-state index in [9.17, 15) is 9.90 Å². The minimum atomic E-state index is -0.136. The van der Waals surface area contributed by atoms with Crippen molar-refractivity contribution in [2.45, 2.75) is 25.7 Å². The summed E-state index contributed by atoms with van der Waals surface area (Å²) < 4.78 is 5.38. The Balaban J connectivity index is 1.72. The van der Waals surface area contributed by atoms with Crippen LogP contribution in [0.5, 0.6) is 5.75 Å². The Hall–Kier alpha value is -1.55. The molecule has 104 valence electrons. The number of aliphatic hydroxyl groups is 1. The Morgan fingerprint density at radius 2 is 1.95 bits per heavy atom. The molecule has 0 spiro atoms. The minimum Gasteiger partial charge on any atom is -0.484 e. The molecule has 1 aliphatic carbocycles. The number of amides is 1. The van der Waals surface area contributed by atoms with Crippen LogP contribution in [-0.4, -0.2) is 30.8 Å². The molecule has 1 saturated carbocycles. The van der Waals surface area contributed by atoms with E-state index in [1.165, 1.54) is 0 Å². The van der Waals surface area contributed by atoms with E-state index in [0.717, 1.165) is 25.7 Å². The topological polar surface area (TPSA) is 58.6 Å². The van der Waals surface area contributed by atoms with Gasteiger partial charge in [0.05, 0.1) is 6.61 Å². The zero-order chi connectivity index (χ0) is 13.6. The molecule has 0 saturated heterocycles. The highest BCUT2D eigenvalue weighted by Crippen LogP contribution is 2.36. The number of carbonyl (C=O) groups excluding carboxylic acids is 1. The van der Waals surface area contributed by atoms with Gasteiger partial charge in [0.2, 0.25) is 0 Å². The molecule has 0 unspecified atom stereocenters. The largest absolute Gasteiger partial charge is 0.484 e. The fourth-order valence-corrected chi connectivity index (χ4v) is 2.52. The third-order valence-corrected chi connectivity index (χ3v) is 3.77. The van der Waals surface area contributed by atoms with Gasteiger partial charge in [-0.3, -0.25) is 4.79 Å². The van der Waals surface area contributed by atoms with Crippen LogP contribution in [0.2, 0.25) is 0 Å². The number of nitrogens with one attached hydrogen (secondary N) is 1. The molecule has 2 N–H and O–H groups in total. The van der Waals surface area contributed by atoms with Crippen molar-refractivity contribution >= 4 is 5.91 Å². The van der Waals surface area contributed by atoms with Gasteiger partial charge in [-0.05, 0) is 25.0 Å². The van der Waals surface area contributed by atoms with Gasteiger partial charge < -0.3 is 15.2 Å². The molecule has 0 bridgehead atoms. The van der Waals surface area contributed by atoms with Crippen molar-refractivity contribution in [3.63, 3.8) is 0 Å². The molecule has 0 radical (unpaired) electrons. The van der Waals surface area contributed by atoms with Gasteiger partial charge in [-0.25, -0.2) is 0 Å². The summed E-state index contributed by atoms with van der Waals surface area (Å²) >= 11 is 0. The van der Waals surface area contributed by atoms with Gasteiger partial charge in [0.1, 0.15) is 5.75 Å². The fraction of sp³-hybridized carbons (Fsp3) is 0.533. The second-order valence-electron chi connectivity index (χ2n) is 5.24. The Kier molecular flexibility index (Phi) is 4.80. The molecule has 19 heavy (non-hydrogen) atoms. The SMILES string of the molecule is O=C(COc1ccccc1)NCC1(CO)CCCC1. The number of ether oxygens (including phenoxy) is 1. The van der Waals surface area contributed by atoms with Gasteiger partial charge in [0.25, 0.3) is 5.91 Å². The van der Waals surface area contributed by atoms with Crippen LogP contribution in [0, 0.1) is 5.41 Å². The normalized spacial score (nSPS) is 17.1. The van der Waals surface area contributed by atoms with E-state index in [1.807, 2.05) is 30.3 Å². The summed E-state index contributed by atoms with van der Waals surface area (Å²) in [7, 11) is 0. The van der Waals surface area contributed by atoms with Gasteiger partial charge >= 0.3 is 0 Å². The van der Waals surface area contributed by atoms with E-state index in [4.69, 9.17) is 4.74 Å². The predicted octanol–water partition coefficient (Wildman–Crippen LogP) is 1.73. The summed E-state index contributed by atoms with van der Waals surface area (Å²) in [5, 5.41) is 12.3. The van der Waals surface area contributed by atoms with Gasteiger partial charge in [-0.1, -0.05) is 31.0 Å². The summed E-state index contributed by atoms with van der Waals surface area (Å²) in [4.78, 5) is 11.7. The maximum Gasteiger partial charge on any atom is 0.257 e. The lowest BCUT2D eigenvalue weighted by Crippen LogP contribution is -2.40. The molecule has 0 atom stereocenters. The van der Waals surface area contributed by atoms with Crippen LogP contribution >= 0.6 is 0 Å². The summed E-state index contributed by atoms with van der Waals surface area (Å²) in [6, 6.07) is 9.27.